The summed E-state index contributed by atoms with van der Waals surface area (Å²) < 4.78 is 63.2. The Morgan fingerprint density at radius 1 is 0.829 bits per heavy atom. The summed E-state index contributed by atoms with van der Waals surface area (Å²) in [6, 6.07) is 29.8. The van der Waals surface area contributed by atoms with E-state index >= 15 is 0 Å². The highest BCUT2D eigenvalue weighted by Gasteiger charge is 2.30. The van der Waals surface area contributed by atoms with Crippen molar-refractivity contribution in [2.24, 2.45) is 0 Å². The molecule has 0 fully saturated rings. The van der Waals surface area contributed by atoms with Gasteiger partial charge in [0.2, 0.25) is 0 Å². The van der Waals surface area contributed by atoms with Crippen LogP contribution < -0.4 is 4.74 Å². The molecule has 4 aromatic rings. The number of hydrogen-bond acceptors (Lipinski definition) is 4. The SMILES string of the molecule is CC(C)(C#Cc1ccc(SC(F)(F)F)cc1)OC(=O)COc1cc([S+](c2ccccc2)c2ccccc2)ccc1F. The minimum atomic E-state index is -4.37. The van der Waals surface area contributed by atoms with Gasteiger partial charge in [-0.05, 0) is 86.3 Å². The van der Waals surface area contributed by atoms with Crippen molar-refractivity contribution >= 4 is 28.6 Å². The van der Waals surface area contributed by atoms with Gasteiger partial charge in [-0.2, -0.15) is 13.2 Å². The maximum Gasteiger partial charge on any atom is 0.446 e. The van der Waals surface area contributed by atoms with Crippen molar-refractivity contribution in [2.75, 3.05) is 6.61 Å². The summed E-state index contributed by atoms with van der Waals surface area (Å²) in [4.78, 5) is 15.5. The van der Waals surface area contributed by atoms with Crippen molar-refractivity contribution in [1.82, 2.24) is 0 Å². The molecule has 0 aliphatic heterocycles. The zero-order chi connectivity index (χ0) is 29.5. The van der Waals surface area contributed by atoms with Crippen LogP contribution in [0.2, 0.25) is 0 Å². The van der Waals surface area contributed by atoms with Gasteiger partial charge in [0.1, 0.15) is 0 Å². The molecule has 0 atom stereocenters. The third-order valence-corrected chi connectivity index (χ3v) is 8.36. The topological polar surface area (TPSA) is 35.5 Å². The van der Waals surface area contributed by atoms with Crippen molar-refractivity contribution in [1.29, 1.82) is 0 Å². The molecule has 0 N–H and O–H groups in total. The highest BCUT2D eigenvalue weighted by atomic mass is 32.2. The minimum absolute atomic E-state index is 0.0431. The van der Waals surface area contributed by atoms with Gasteiger partial charge >= 0.3 is 11.5 Å². The molecule has 3 nitrogen and oxygen atoms in total. The van der Waals surface area contributed by atoms with Gasteiger partial charge in [0.05, 0.1) is 10.9 Å². The lowest BCUT2D eigenvalue weighted by Crippen LogP contribution is -2.29. The standard InChI is InChI=1S/C32H25F4O3S2/c1-31(2,20-19-23-13-15-24(16-14-23)40-32(34,35)36)39-30(37)22-38-29-21-27(17-18-28(29)33)41(25-9-5-3-6-10-25)26-11-7-4-8-12-26/h3-18,21H,22H2,1-2H3/q+1. The molecule has 0 spiro atoms. The smallest absolute Gasteiger partial charge is 0.446 e. The van der Waals surface area contributed by atoms with Crippen LogP contribution in [0.1, 0.15) is 19.4 Å². The highest BCUT2D eigenvalue weighted by Crippen LogP contribution is 2.37. The highest BCUT2D eigenvalue weighted by molar-refractivity contribution is 8.00. The van der Waals surface area contributed by atoms with Gasteiger partial charge in [0.25, 0.3) is 0 Å². The normalized spacial score (nSPS) is 11.5. The first kappa shape index (κ1) is 30.1. The maximum absolute atomic E-state index is 14.7. The molecule has 210 valence electrons. The summed E-state index contributed by atoms with van der Waals surface area (Å²) in [5.74, 6) is 4.14. The summed E-state index contributed by atoms with van der Waals surface area (Å²) >= 11 is -0.212. The van der Waals surface area contributed by atoms with E-state index in [1.807, 2.05) is 60.7 Å². The zero-order valence-electron chi connectivity index (χ0n) is 22.1. The second-order valence-corrected chi connectivity index (χ2v) is 12.3. The summed E-state index contributed by atoms with van der Waals surface area (Å²) in [6.07, 6.45) is 0. The molecule has 0 bridgehead atoms. The van der Waals surface area contributed by atoms with Crippen LogP contribution in [0, 0.1) is 17.7 Å². The minimum Gasteiger partial charge on any atom is -0.479 e. The van der Waals surface area contributed by atoms with Crippen LogP contribution in [0.5, 0.6) is 5.75 Å². The fourth-order valence-electron chi connectivity index (χ4n) is 3.68. The van der Waals surface area contributed by atoms with E-state index in [1.54, 1.807) is 26.0 Å². The van der Waals surface area contributed by atoms with Gasteiger partial charge in [0.15, 0.2) is 38.5 Å². The number of esters is 1. The second kappa shape index (κ2) is 13.2. The van der Waals surface area contributed by atoms with E-state index in [1.165, 1.54) is 30.3 Å². The Kier molecular flexibility index (Phi) is 9.69. The predicted molar refractivity (Wildman–Crippen MR) is 152 cm³/mol. The van der Waals surface area contributed by atoms with Crippen LogP contribution in [0.25, 0.3) is 0 Å². The number of carbonyl (C=O) groups is 1. The zero-order valence-corrected chi connectivity index (χ0v) is 23.7. The van der Waals surface area contributed by atoms with Gasteiger partial charge < -0.3 is 9.47 Å². The lowest BCUT2D eigenvalue weighted by molar-refractivity contribution is -0.154. The van der Waals surface area contributed by atoms with Gasteiger partial charge in [-0.3, -0.25) is 0 Å². The summed E-state index contributed by atoms with van der Waals surface area (Å²) in [6.45, 7) is 2.59. The maximum atomic E-state index is 14.7. The second-order valence-electron chi connectivity index (χ2n) is 9.12. The molecule has 0 aliphatic rings. The number of thioether (sulfide) groups is 1. The largest absolute Gasteiger partial charge is 0.479 e. The molecule has 41 heavy (non-hydrogen) atoms. The van der Waals surface area contributed by atoms with Gasteiger partial charge in [0, 0.05) is 16.5 Å². The van der Waals surface area contributed by atoms with Crippen LogP contribution in [0.4, 0.5) is 17.6 Å². The molecule has 0 unspecified atom stereocenters. The molecule has 0 saturated carbocycles. The molecule has 0 radical (unpaired) electrons. The predicted octanol–water partition coefficient (Wildman–Crippen LogP) is 8.29. The van der Waals surface area contributed by atoms with Crippen LogP contribution in [0.3, 0.4) is 0 Å². The van der Waals surface area contributed by atoms with E-state index in [0.717, 1.165) is 14.7 Å². The van der Waals surface area contributed by atoms with E-state index in [4.69, 9.17) is 9.47 Å². The number of halogens is 4. The number of carbonyl (C=O) groups excluding carboxylic acids is 1. The molecule has 0 aliphatic carbocycles. The van der Waals surface area contributed by atoms with Crippen LogP contribution in [-0.2, 0) is 20.4 Å². The van der Waals surface area contributed by atoms with Crippen molar-refractivity contribution in [3.05, 3.63) is 115 Å². The summed E-state index contributed by atoms with van der Waals surface area (Å²) in [7, 11) is -0.529. The molecule has 9 heteroatoms. The lowest BCUT2D eigenvalue weighted by Gasteiger charge is -2.19. The monoisotopic (exact) mass is 597 g/mol. The van der Waals surface area contributed by atoms with E-state index in [9.17, 15) is 22.4 Å². The molecule has 4 rings (SSSR count). The number of benzene rings is 4. The average molecular weight is 598 g/mol. The first-order valence-corrected chi connectivity index (χ1v) is 14.4. The molecular weight excluding hydrogens is 572 g/mol. The molecule has 0 heterocycles. The first-order chi connectivity index (χ1) is 19.5. The summed E-state index contributed by atoms with van der Waals surface area (Å²) in [5, 5.41) is 0. The third-order valence-electron chi connectivity index (χ3n) is 5.41. The molecule has 0 amide bonds. The number of rotatable bonds is 8. The van der Waals surface area contributed by atoms with E-state index in [-0.39, 0.29) is 22.4 Å². The summed E-state index contributed by atoms with van der Waals surface area (Å²) in [5.41, 5.74) is -5.14. The Hall–Kier alpha value is -3.87. The quantitative estimate of drug-likeness (QED) is 0.0673. The number of hydrogen-bond donors (Lipinski definition) is 0. The average Bonchev–Trinajstić information content (AvgIpc) is 2.93. The lowest BCUT2D eigenvalue weighted by atomic mass is 10.1. The van der Waals surface area contributed by atoms with Crippen LogP contribution in [0.15, 0.2) is 123 Å². The Balaban J connectivity index is 1.43. The Morgan fingerprint density at radius 3 is 1.98 bits per heavy atom. The molecule has 0 saturated heterocycles. The Bertz CT molecular complexity index is 1490. The number of ether oxygens (including phenoxy) is 2. The van der Waals surface area contributed by atoms with Crippen molar-refractivity contribution in [2.45, 2.75) is 44.5 Å². The van der Waals surface area contributed by atoms with Crippen molar-refractivity contribution in [3.63, 3.8) is 0 Å². The van der Waals surface area contributed by atoms with Crippen LogP contribution in [-0.4, -0.2) is 23.7 Å². The van der Waals surface area contributed by atoms with Crippen molar-refractivity contribution < 1.29 is 31.8 Å². The van der Waals surface area contributed by atoms with Crippen LogP contribution >= 0.6 is 11.8 Å². The Labute approximate surface area is 243 Å². The molecule has 4 aromatic carbocycles. The van der Waals surface area contributed by atoms with Crippen molar-refractivity contribution in [3.8, 4) is 17.6 Å². The number of alkyl halides is 3. The Morgan fingerprint density at radius 2 is 1.41 bits per heavy atom. The van der Waals surface area contributed by atoms with E-state index in [0.29, 0.717) is 5.56 Å². The van der Waals surface area contributed by atoms with Gasteiger partial charge in [-0.25, -0.2) is 9.18 Å². The molecular formula is C32H25F4O3S2+. The first-order valence-electron chi connectivity index (χ1n) is 12.4. The van der Waals surface area contributed by atoms with Gasteiger partial charge in [-0.1, -0.05) is 48.2 Å². The van der Waals surface area contributed by atoms with E-state index in [2.05, 4.69) is 11.8 Å². The fraction of sp³-hybridized carbons (Fsp3) is 0.156. The fourth-order valence-corrected chi connectivity index (χ4v) is 6.33. The molecule has 0 aromatic heterocycles. The van der Waals surface area contributed by atoms with E-state index < -0.39 is 40.4 Å². The van der Waals surface area contributed by atoms with Gasteiger partial charge in [-0.15, -0.1) is 0 Å². The third kappa shape index (κ3) is 9.07.